The molecule has 0 amide bonds. The third kappa shape index (κ3) is 2.84. The first kappa shape index (κ1) is 11.2. The minimum absolute atomic E-state index is 0.583. The zero-order valence-electron chi connectivity index (χ0n) is 9.67. The largest absolute Gasteiger partial charge is 0.317 e. The van der Waals surface area contributed by atoms with E-state index in [1.54, 1.807) is 0 Å². The van der Waals surface area contributed by atoms with Gasteiger partial charge in [0.25, 0.3) is 0 Å². The molecule has 0 bridgehead atoms. The molecule has 1 rings (SSSR count). The lowest BCUT2D eigenvalue weighted by Crippen LogP contribution is -2.21. The van der Waals surface area contributed by atoms with Crippen LogP contribution in [0, 0.1) is 0 Å². The Morgan fingerprint density at radius 1 is 1.57 bits per heavy atom. The van der Waals surface area contributed by atoms with Crippen LogP contribution in [0.15, 0.2) is 6.20 Å². The van der Waals surface area contributed by atoms with Crippen molar-refractivity contribution in [3.8, 4) is 0 Å². The Labute approximate surface area is 86.5 Å². The summed E-state index contributed by atoms with van der Waals surface area (Å²) in [4.78, 5) is 0. The van der Waals surface area contributed by atoms with Gasteiger partial charge in [0.2, 0.25) is 0 Å². The lowest BCUT2D eigenvalue weighted by Gasteiger charge is -2.08. The van der Waals surface area contributed by atoms with Crippen molar-refractivity contribution in [3.05, 3.63) is 17.5 Å². The van der Waals surface area contributed by atoms with E-state index >= 15 is 0 Å². The summed E-state index contributed by atoms with van der Waals surface area (Å²) in [6, 6.07) is 0.583. The van der Waals surface area contributed by atoms with Crippen molar-refractivity contribution in [3.63, 3.8) is 0 Å². The Kier molecular flexibility index (Phi) is 4.14. The van der Waals surface area contributed by atoms with Gasteiger partial charge in [-0.1, -0.05) is 6.92 Å². The SMILES string of the molecule is CCc1nn(C)cc1CCC(C)NC. The van der Waals surface area contributed by atoms with E-state index in [0.29, 0.717) is 6.04 Å². The maximum Gasteiger partial charge on any atom is 0.0653 e. The number of hydrogen-bond donors (Lipinski definition) is 1. The fourth-order valence-corrected chi connectivity index (χ4v) is 1.61. The van der Waals surface area contributed by atoms with E-state index in [2.05, 4.69) is 30.5 Å². The number of nitrogens with zero attached hydrogens (tertiary/aromatic N) is 2. The van der Waals surface area contributed by atoms with Crippen molar-refractivity contribution in [1.82, 2.24) is 15.1 Å². The molecule has 0 spiro atoms. The van der Waals surface area contributed by atoms with Gasteiger partial charge >= 0.3 is 0 Å². The molecule has 0 aromatic carbocycles. The third-order valence-electron chi connectivity index (χ3n) is 2.67. The summed E-state index contributed by atoms with van der Waals surface area (Å²) in [6.45, 7) is 4.37. The van der Waals surface area contributed by atoms with Crippen LogP contribution in [0.1, 0.15) is 31.5 Å². The van der Waals surface area contributed by atoms with Crippen LogP contribution in [-0.4, -0.2) is 22.9 Å². The molecule has 14 heavy (non-hydrogen) atoms. The zero-order valence-corrected chi connectivity index (χ0v) is 9.67. The smallest absolute Gasteiger partial charge is 0.0653 e. The zero-order chi connectivity index (χ0) is 10.6. The Morgan fingerprint density at radius 2 is 2.29 bits per heavy atom. The monoisotopic (exact) mass is 195 g/mol. The molecule has 0 aliphatic carbocycles. The number of aromatic nitrogens is 2. The molecule has 0 fully saturated rings. The van der Waals surface area contributed by atoms with E-state index in [1.165, 1.54) is 17.7 Å². The van der Waals surface area contributed by atoms with E-state index in [-0.39, 0.29) is 0 Å². The van der Waals surface area contributed by atoms with Gasteiger partial charge < -0.3 is 5.32 Å². The average molecular weight is 195 g/mol. The van der Waals surface area contributed by atoms with E-state index in [0.717, 1.165) is 12.8 Å². The molecule has 0 saturated carbocycles. The number of nitrogens with one attached hydrogen (secondary N) is 1. The van der Waals surface area contributed by atoms with Crippen LogP contribution in [-0.2, 0) is 19.9 Å². The summed E-state index contributed by atoms with van der Waals surface area (Å²) in [5, 5.41) is 7.68. The molecular formula is C11H21N3. The molecule has 1 unspecified atom stereocenters. The molecule has 0 radical (unpaired) electrons. The molecule has 1 N–H and O–H groups in total. The van der Waals surface area contributed by atoms with E-state index in [1.807, 2.05) is 18.8 Å². The van der Waals surface area contributed by atoms with Crippen molar-refractivity contribution in [2.75, 3.05) is 7.05 Å². The minimum atomic E-state index is 0.583. The van der Waals surface area contributed by atoms with Gasteiger partial charge in [0, 0.05) is 19.3 Å². The molecule has 0 aliphatic rings. The molecule has 1 heterocycles. The van der Waals surface area contributed by atoms with Crippen LogP contribution in [0.5, 0.6) is 0 Å². The van der Waals surface area contributed by atoms with Gasteiger partial charge in [-0.25, -0.2) is 0 Å². The predicted molar refractivity (Wildman–Crippen MR) is 59.4 cm³/mol. The average Bonchev–Trinajstić information content (AvgIpc) is 2.55. The summed E-state index contributed by atoms with van der Waals surface area (Å²) in [5.41, 5.74) is 2.65. The number of rotatable bonds is 5. The van der Waals surface area contributed by atoms with Crippen molar-refractivity contribution >= 4 is 0 Å². The highest BCUT2D eigenvalue weighted by atomic mass is 15.2. The normalized spacial score (nSPS) is 13.1. The van der Waals surface area contributed by atoms with Crippen LogP contribution < -0.4 is 5.32 Å². The van der Waals surface area contributed by atoms with E-state index in [9.17, 15) is 0 Å². The summed E-state index contributed by atoms with van der Waals surface area (Å²) in [6.07, 6.45) is 5.47. The van der Waals surface area contributed by atoms with Crippen LogP contribution in [0.25, 0.3) is 0 Å². The molecule has 1 atom stereocenters. The Bertz CT molecular complexity index is 278. The highest BCUT2D eigenvalue weighted by molar-refractivity contribution is 5.17. The summed E-state index contributed by atoms with van der Waals surface area (Å²) in [5.74, 6) is 0. The first-order valence-electron chi connectivity index (χ1n) is 5.36. The molecular weight excluding hydrogens is 174 g/mol. The van der Waals surface area contributed by atoms with Crippen LogP contribution >= 0.6 is 0 Å². The van der Waals surface area contributed by atoms with Crippen molar-refractivity contribution in [2.24, 2.45) is 7.05 Å². The second-order valence-corrected chi connectivity index (χ2v) is 3.86. The quantitative estimate of drug-likeness (QED) is 0.772. The maximum atomic E-state index is 4.43. The van der Waals surface area contributed by atoms with Crippen molar-refractivity contribution in [1.29, 1.82) is 0 Å². The van der Waals surface area contributed by atoms with Gasteiger partial charge in [-0.15, -0.1) is 0 Å². The first-order valence-corrected chi connectivity index (χ1v) is 5.36. The standard InChI is InChI=1S/C11H21N3/c1-5-11-10(8-14(4)13-11)7-6-9(2)12-3/h8-9,12H,5-7H2,1-4H3. The summed E-state index contributed by atoms with van der Waals surface area (Å²) >= 11 is 0. The minimum Gasteiger partial charge on any atom is -0.317 e. The Hall–Kier alpha value is -0.830. The molecule has 0 aliphatic heterocycles. The van der Waals surface area contributed by atoms with Gasteiger partial charge in [-0.2, -0.15) is 5.10 Å². The van der Waals surface area contributed by atoms with Crippen molar-refractivity contribution in [2.45, 2.75) is 39.2 Å². The molecule has 80 valence electrons. The van der Waals surface area contributed by atoms with Crippen LogP contribution in [0.2, 0.25) is 0 Å². The van der Waals surface area contributed by atoms with Gasteiger partial charge in [-0.05, 0) is 38.8 Å². The molecule has 0 saturated heterocycles. The number of hydrogen-bond acceptors (Lipinski definition) is 2. The summed E-state index contributed by atoms with van der Waals surface area (Å²) in [7, 11) is 4.00. The lowest BCUT2D eigenvalue weighted by molar-refractivity contribution is 0.564. The molecule has 3 nitrogen and oxygen atoms in total. The highest BCUT2D eigenvalue weighted by Crippen LogP contribution is 2.10. The molecule has 3 heteroatoms. The Balaban J connectivity index is 2.57. The third-order valence-corrected chi connectivity index (χ3v) is 2.67. The van der Waals surface area contributed by atoms with Crippen molar-refractivity contribution < 1.29 is 0 Å². The van der Waals surface area contributed by atoms with E-state index < -0.39 is 0 Å². The lowest BCUT2D eigenvalue weighted by atomic mass is 10.1. The Morgan fingerprint density at radius 3 is 2.86 bits per heavy atom. The van der Waals surface area contributed by atoms with Gasteiger partial charge in [0.1, 0.15) is 0 Å². The second kappa shape index (κ2) is 5.15. The molecule has 1 aromatic heterocycles. The van der Waals surface area contributed by atoms with Gasteiger partial charge in [-0.3, -0.25) is 4.68 Å². The van der Waals surface area contributed by atoms with Crippen LogP contribution in [0.3, 0.4) is 0 Å². The predicted octanol–water partition coefficient (Wildman–Crippen LogP) is 1.52. The highest BCUT2D eigenvalue weighted by Gasteiger charge is 2.06. The van der Waals surface area contributed by atoms with Crippen LogP contribution in [0.4, 0.5) is 0 Å². The first-order chi connectivity index (χ1) is 6.67. The fraction of sp³-hybridized carbons (Fsp3) is 0.727. The fourth-order valence-electron chi connectivity index (χ4n) is 1.61. The maximum absolute atomic E-state index is 4.43. The van der Waals surface area contributed by atoms with E-state index in [4.69, 9.17) is 0 Å². The van der Waals surface area contributed by atoms with Gasteiger partial charge in [0.15, 0.2) is 0 Å². The summed E-state index contributed by atoms with van der Waals surface area (Å²) < 4.78 is 1.91. The van der Waals surface area contributed by atoms with Gasteiger partial charge in [0.05, 0.1) is 5.69 Å². The molecule has 1 aromatic rings. The topological polar surface area (TPSA) is 29.9 Å². The second-order valence-electron chi connectivity index (χ2n) is 3.86. The number of aryl methyl sites for hydroxylation is 3.